The predicted octanol–water partition coefficient (Wildman–Crippen LogP) is 2.46. The summed E-state index contributed by atoms with van der Waals surface area (Å²) in [5, 5.41) is 5.71. The van der Waals surface area contributed by atoms with Gasteiger partial charge in [0, 0.05) is 12.1 Å². The van der Waals surface area contributed by atoms with Gasteiger partial charge in [0.15, 0.2) is 0 Å². The number of aryl methyl sites for hydroxylation is 1. The molecule has 0 radical (unpaired) electrons. The van der Waals surface area contributed by atoms with Crippen molar-refractivity contribution in [2.75, 3.05) is 18.9 Å². The lowest BCUT2D eigenvalue weighted by Crippen LogP contribution is -2.13. The molecule has 0 unspecified atom stereocenters. The zero-order valence-electron chi connectivity index (χ0n) is 10.3. The molecule has 1 aromatic carbocycles. The van der Waals surface area contributed by atoms with Crippen LogP contribution < -0.4 is 10.6 Å². The molecule has 94 valence electrons. The van der Waals surface area contributed by atoms with E-state index < -0.39 is 0 Å². The molecule has 0 aliphatic heterocycles. The highest BCUT2D eigenvalue weighted by Crippen LogP contribution is 2.14. The largest absolute Gasteiger partial charge is 0.326 e. The Morgan fingerprint density at radius 1 is 1.35 bits per heavy atom. The van der Waals surface area contributed by atoms with E-state index in [2.05, 4.69) is 10.6 Å². The molecule has 0 saturated carbocycles. The third-order valence-electron chi connectivity index (χ3n) is 2.54. The number of nitrogens with one attached hydrogen (secondary N) is 2. The maximum atomic E-state index is 13.2. The van der Waals surface area contributed by atoms with Crippen LogP contribution in [-0.2, 0) is 4.79 Å². The molecule has 0 fully saturated rings. The number of hydrogen-bond acceptors (Lipinski definition) is 2. The first-order valence-corrected chi connectivity index (χ1v) is 5.84. The van der Waals surface area contributed by atoms with Crippen LogP contribution in [0.25, 0.3) is 0 Å². The van der Waals surface area contributed by atoms with E-state index in [0.717, 1.165) is 19.4 Å². The zero-order valence-corrected chi connectivity index (χ0v) is 10.3. The Balaban J connectivity index is 2.37. The van der Waals surface area contributed by atoms with E-state index >= 15 is 0 Å². The number of anilines is 1. The summed E-state index contributed by atoms with van der Waals surface area (Å²) in [6.07, 6.45) is 2.27. The Bertz CT molecular complexity index is 380. The summed E-state index contributed by atoms with van der Waals surface area (Å²) in [5.41, 5.74) is 1.10. The average Bonchev–Trinajstić information content (AvgIpc) is 2.30. The number of hydrogen-bond donors (Lipinski definition) is 2. The Morgan fingerprint density at radius 2 is 2.12 bits per heavy atom. The molecule has 0 saturated heterocycles. The number of unbranched alkanes of at least 4 members (excludes halogenated alkanes) is 1. The second kappa shape index (κ2) is 7.01. The normalized spacial score (nSPS) is 10.3. The van der Waals surface area contributed by atoms with Crippen LogP contribution in [0.3, 0.4) is 0 Å². The summed E-state index contributed by atoms with van der Waals surface area (Å²) in [6.45, 7) is 2.60. The maximum absolute atomic E-state index is 13.2. The molecule has 0 aliphatic carbocycles. The molecular formula is C13H19FN2O. The Labute approximate surface area is 101 Å². The van der Waals surface area contributed by atoms with Gasteiger partial charge in [0.2, 0.25) is 5.91 Å². The van der Waals surface area contributed by atoms with Crippen LogP contribution in [0.15, 0.2) is 18.2 Å². The fraction of sp³-hybridized carbons (Fsp3) is 0.462. The summed E-state index contributed by atoms with van der Waals surface area (Å²) < 4.78 is 13.2. The molecule has 17 heavy (non-hydrogen) atoms. The van der Waals surface area contributed by atoms with Crippen LogP contribution in [0.2, 0.25) is 0 Å². The molecule has 0 spiro atoms. The van der Waals surface area contributed by atoms with Gasteiger partial charge in [0.05, 0.1) is 0 Å². The molecule has 1 aromatic rings. The van der Waals surface area contributed by atoms with Gasteiger partial charge in [-0.2, -0.15) is 0 Å². The third kappa shape index (κ3) is 4.95. The van der Waals surface area contributed by atoms with Crippen molar-refractivity contribution in [1.29, 1.82) is 0 Å². The quantitative estimate of drug-likeness (QED) is 0.747. The first-order valence-electron chi connectivity index (χ1n) is 5.84. The van der Waals surface area contributed by atoms with Crippen molar-refractivity contribution in [3.63, 3.8) is 0 Å². The monoisotopic (exact) mass is 238 g/mol. The maximum Gasteiger partial charge on any atom is 0.224 e. The van der Waals surface area contributed by atoms with Crippen molar-refractivity contribution < 1.29 is 9.18 Å². The zero-order chi connectivity index (χ0) is 12.7. The molecule has 0 bridgehead atoms. The third-order valence-corrected chi connectivity index (χ3v) is 2.54. The molecule has 0 atom stereocenters. The minimum atomic E-state index is -0.294. The summed E-state index contributed by atoms with van der Waals surface area (Å²) in [6, 6.07) is 4.72. The van der Waals surface area contributed by atoms with E-state index in [1.165, 1.54) is 6.07 Å². The summed E-state index contributed by atoms with van der Waals surface area (Å²) >= 11 is 0. The molecule has 0 heterocycles. The van der Waals surface area contributed by atoms with E-state index in [-0.39, 0.29) is 11.7 Å². The van der Waals surface area contributed by atoms with Gasteiger partial charge in [-0.25, -0.2) is 4.39 Å². The van der Waals surface area contributed by atoms with Gasteiger partial charge in [-0.1, -0.05) is 6.07 Å². The second-order valence-electron chi connectivity index (χ2n) is 4.07. The van der Waals surface area contributed by atoms with Gasteiger partial charge >= 0.3 is 0 Å². The summed E-state index contributed by atoms with van der Waals surface area (Å²) in [7, 11) is 1.88. The van der Waals surface area contributed by atoms with Gasteiger partial charge in [-0.3, -0.25) is 4.79 Å². The van der Waals surface area contributed by atoms with E-state index in [1.807, 2.05) is 7.05 Å². The molecule has 2 N–H and O–H groups in total. The van der Waals surface area contributed by atoms with Gasteiger partial charge < -0.3 is 10.6 Å². The lowest BCUT2D eigenvalue weighted by molar-refractivity contribution is -0.116. The molecule has 0 aromatic heterocycles. The van der Waals surface area contributed by atoms with Crippen LogP contribution in [0, 0.1) is 12.7 Å². The smallest absolute Gasteiger partial charge is 0.224 e. The number of carbonyl (C=O) groups is 1. The molecule has 0 aliphatic rings. The van der Waals surface area contributed by atoms with Crippen molar-refractivity contribution >= 4 is 11.6 Å². The van der Waals surface area contributed by atoms with E-state index in [0.29, 0.717) is 17.7 Å². The van der Waals surface area contributed by atoms with Crippen molar-refractivity contribution in [3.8, 4) is 0 Å². The van der Waals surface area contributed by atoms with Crippen molar-refractivity contribution in [2.45, 2.75) is 26.2 Å². The van der Waals surface area contributed by atoms with E-state index in [1.54, 1.807) is 19.1 Å². The number of rotatable bonds is 6. The lowest BCUT2D eigenvalue weighted by atomic mass is 10.2. The predicted molar refractivity (Wildman–Crippen MR) is 67.5 cm³/mol. The van der Waals surface area contributed by atoms with Crippen molar-refractivity contribution in [1.82, 2.24) is 5.32 Å². The van der Waals surface area contributed by atoms with Crippen LogP contribution >= 0.6 is 0 Å². The topological polar surface area (TPSA) is 41.1 Å². The Hall–Kier alpha value is -1.42. The Morgan fingerprint density at radius 3 is 2.76 bits per heavy atom. The lowest BCUT2D eigenvalue weighted by Gasteiger charge is -2.06. The minimum absolute atomic E-state index is 0.0654. The van der Waals surface area contributed by atoms with Crippen molar-refractivity contribution in [2.24, 2.45) is 0 Å². The molecular weight excluding hydrogens is 219 g/mol. The first kappa shape index (κ1) is 13.6. The first-order chi connectivity index (χ1) is 8.13. The van der Waals surface area contributed by atoms with Crippen LogP contribution in [0.5, 0.6) is 0 Å². The van der Waals surface area contributed by atoms with Gasteiger partial charge in [-0.15, -0.1) is 0 Å². The molecule has 4 heteroatoms. The molecule has 3 nitrogen and oxygen atoms in total. The molecule has 1 rings (SSSR count). The van der Waals surface area contributed by atoms with Crippen LogP contribution in [0.4, 0.5) is 10.1 Å². The Kier molecular flexibility index (Phi) is 5.63. The van der Waals surface area contributed by atoms with Crippen LogP contribution in [0.1, 0.15) is 24.8 Å². The van der Waals surface area contributed by atoms with Gasteiger partial charge in [0.25, 0.3) is 0 Å². The van der Waals surface area contributed by atoms with Crippen LogP contribution in [-0.4, -0.2) is 19.5 Å². The standard InChI is InChI=1S/C13H19FN2O/c1-10-6-7-11(9-12(10)14)16-13(17)5-3-4-8-15-2/h6-7,9,15H,3-5,8H2,1-2H3,(H,16,17). The average molecular weight is 238 g/mol. The number of carbonyl (C=O) groups excluding carboxylic acids is 1. The van der Waals surface area contributed by atoms with E-state index in [4.69, 9.17) is 0 Å². The minimum Gasteiger partial charge on any atom is -0.326 e. The van der Waals surface area contributed by atoms with Gasteiger partial charge in [-0.05, 0) is 51.1 Å². The highest BCUT2D eigenvalue weighted by Gasteiger charge is 2.04. The highest BCUT2D eigenvalue weighted by molar-refractivity contribution is 5.90. The molecule has 1 amide bonds. The fourth-order valence-electron chi connectivity index (χ4n) is 1.48. The number of halogens is 1. The van der Waals surface area contributed by atoms with E-state index in [9.17, 15) is 9.18 Å². The highest BCUT2D eigenvalue weighted by atomic mass is 19.1. The summed E-state index contributed by atoms with van der Waals surface area (Å²) in [5.74, 6) is -0.359. The van der Waals surface area contributed by atoms with Gasteiger partial charge in [0.1, 0.15) is 5.82 Å². The fourth-order valence-corrected chi connectivity index (χ4v) is 1.48. The number of amides is 1. The SMILES string of the molecule is CNCCCCC(=O)Nc1ccc(C)c(F)c1. The second-order valence-corrected chi connectivity index (χ2v) is 4.07. The number of benzene rings is 1. The summed E-state index contributed by atoms with van der Waals surface area (Å²) in [4.78, 5) is 11.5. The van der Waals surface area contributed by atoms with Crippen molar-refractivity contribution in [3.05, 3.63) is 29.6 Å².